The number of nitrogens with one attached hydrogen (secondary N) is 1. The van der Waals surface area contributed by atoms with Crippen molar-refractivity contribution in [2.24, 2.45) is 0 Å². The number of nitrogen functional groups attached to an aromatic ring is 1. The SMILES string of the molecule is Cc1cc(S(=O)(=O)NCC2CCCN2C)cc(N)c1F. The van der Waals surface area contributed by atoms with Gasteiger partial charge in [0.15, 0.2) is 0 Å². The largest absolute Gasteiger partial charge is 0.396 e. The van der Waals surface area contributed by atoms with Crippen LogP contribution in [0.2, 0.25) is 0 Å². The number of likely N-dealkylation sites (N-methyl/N-ethyl adjacent to an activating group) is 1. The van der Waals surface area contributed by atoms with Crippen LogP contribution in [0.3, 0.4) is 0 Å². The fourth-order valence-corrected chi connectivity index (χ4v) is 3.64. The minimum absolute atomic E-state index is 0.00884. The molecule has 112 valence electrons. The van der Waals surface area contributed by atoms with E-state index >= 15 is 0 Å². The molecule has 3 N–H and O–H groups in total. The molecule has 0 spiro atoms. The van der Waals surface area contributed by atoms with E-state index in [1.54, 1.807) is 0 Å². The van der Waals surface area contributed by atoms with Crippen molar-refractivity contribution in [1.29, 1.82) is 0 Å². The average Bonchev–Trinajstić information content (AvgIpc) is 2.78. The van der Waals surface area contributed by atoms with Gasteiger partial charge in [0.05, 0.1) is 10.6 Å². The van der Waals surface area contributed by atoms with Gasteiger partial charge in [-0.25, -0.2) is 17.5 Å². The van der Waals surface area contributed by atoms with Crippen molar-refractivity contribution in [3.8, 4) is 0 Å². The van der Waals surface area contributed by atoms with E-state index in [2.05, 4.69) is 9.62 Å². The molecule has 0 bridgehead atoms. The van der Waals surface area contributed by atoms with E-state index < -0.39 is 15.8 Å². The van der Waals surface area contributed by atoms with Crippen LogP contribution < -0.4 is 10.5 Å². The highest BCUT2D eigenvalue weighted by molar-refractivity contribution is 7.89. The van der Waals surface area contributed by atoms with Crippen molar-refractivity contribution < 1.29 is 12.8 Å². The highest BCUT2D eigenvalue weighted by atomic mass is 32.2. The van der Waals surface area contributed by atoms with Gasteiger partial charge in [0, 0.05) is 12.6 Å². The second-order valence-electron chi connectivity index (χ2n) is 5.27. The third-order valence-corrected chi connectivity index (χ3v) is 5.15. The van der Waals surface area contributed by atoms with E-state index in [1.165, 1.54) is 13.0 Å². The molecule has 1 saturated heterocycles. The highest BCUT2D eigenvalue weighted by Crippen LogP contribution is 2.21. The van der Waals surface area contributed by atoms with Crippen LogP contribution in [0.1, 0.15) is 18.4 Å². The normalized spacial score (nSPS) is 20.4. The third kappa shape index (κ3) is 3.11. The zero-order valence-electron chi connectivity index (χ0n) is 11.7. The summed E-state index contributed by atoms with van der Waals surface area (Å²) in [5.74, 6) is -0.570. The number of benzene rings is 1. The van der Waals surface area contributed by atoms with E-state index in [1.807, 2.05) is 7.05 Å². The van der Waals surface area contributed by atoms with Gasteiger partial charge in [-0.15, -0.1) is 0 Å². The maximum atomic E-state index is 13.4. The molecule has 0 radical (unpaired) electrons. The minimum Gasteiger partial charge on any atom is -0.396 e. The number of rotatable bonds is 4. The summed E-state index contributed by atoms with van der Waals surface area (Å²) in [7, 11) is -1.68. The second kappa shape index (κ2) is 5.67. The first-order valence-corrected chi connectivity index (χ1v) is 8.05. The quantitative estimate of drug-likeness (QED) is 0.816. The van der Waals surface area contributed by atoms with Crippen molar-refractivity contribution in [2.75, 3.05) is 25.9 Å². The first-order chi connectivity index (χ1) is 9.31. The highest BCUT2D eigenvalue weighted by Gasteiger charge is 2.24. The monoisotopic (exact) mass is 301 g/mol. The summed E-state index contributed by atoms with van der Waals surface area (Å²) in [6.07, 6.45) is 2.05. The molecule has 0 saturated carbocycles. The lowest BCUT2D eigenvalue weighted by Crippen LogP contribution is -2.38. The van der Waals surface area contributed by atoms with E-state index in [0.29, 0.717) is 6.54 Å². The number of sulfonamides is 1. The summed E-state index contributed by atoms with van der Waals surface area (Å²) in [4.78, 5) is 2.14. The van der Waals surface area contributed by atoms with Crippen molar-refractivity contribution in [3.63, 3.8) is 0 Å². The molecular weight excluding hydrogens is 281 g/mol. The number of nitrogens with two attached hydrogens (primary N) is 1. The minimum atomic E-state index is -3.66. The van der Waals surface area contributed by atoms with Gasteiger partial charge in [-0.2, -0.15) is 0 Å². The summed E-state index contributed by atoms with van der Waals surface area (Å²) < 4.78 is 40.4. The molecule has 0 amide bonds. The molecule has 0 aliphatic carbocycles. The molecule has 1 unspecified atom stereocenters. The van der Waals surface area contributed by atoms with E-state index in [-0.39, 0.29) is 22.2 Å². The molecule has 2 rings (SSSR count). The maximum Gasteiger partial charge on any atom is 0.240 e. The van der Waals surface area contributed by atoms with Crippen LogP contribution in [0.15, 0.2) is 17.0 Å². The molecular formula is C13H20FN3O2S. The third-order valence-electron chi connectivity index (χ3n) is 3.75. The smallest absolute Gasteiger partial charge is 0.240 e. The molecule has 1 atom stereocenters. The molecule has 1 fully saturated rings. The molecule has 1 heterocycles. The Morgan fingerprint density at radius 1 is 1.50 bits per heavy atom. The molecule has 1 aliphatic heterocycles. The zero-order chi connectivity index (χ0) is 14.9. The summed E-state index contributed by atoms with van der Waals surface area (Å²) in [6, 6.07) is 2.67. The first-order valence-electron chi connectivity index (χ1n) is 6.57. The molecule has 1 aromatic carbocycles. The van der Waals surface area contributed by atoms with Gasteiger partial charge in [-0.05, 0) is 51.1 Å². The lowest BCUT2D eigenvalue weighted by Gasteiger charge is -2.19. The number of hydrogen-bond donors (Lipinski definition) is 2. The molecule has 5 nitrogen and oxygen atoms in total. The summed E-state index contributed by atoms with van der Waals surface area (Å²) >= 11 is 0. The number of likely N-dealkylation sites (tertiary alicyclic amines) is 1. The van der Waals surface area contributed by atoms with E-state index in [9.17, 15) is 12.8 Å². The predicted molar refractivity (Wildman–Crippen MR) is 76.4 cm³/mol. The lowest BCUT2D eigenvalue weighted by molar-refractivity contribution is 0.311. The standard InChI is InChI=1S/C13H20FN3O2S/c1-9-6-11(7-12(15)13(9)14)20(18,19)16-8-10-4-3-5-17(10)2/h6-7,10,16H,3-5,8,15H2,1-2H3. The van der Waals surface area contributed by atoms with Crippen LogP contribution in [0.4, 0.5) is 10.1 Å². The van der Waals surface area contributed by atoms with Crippen molar-refractivity contribution >= 4 is 15.7 Å². The van der Waals surface area contributed by atoms with Crippen molar-refractivity contribution in [1.82, 2.24) is 9.62 Å². The Labute approximate surface area is 119 Å². The Morgan fingerprint density at radius 2 is 2.20 bits per heavy atom. The number of hydrogen-bond acceptors (Lipinski definition) is 4. The number of aryl methyl sites for hydroxylation is 1. The lowest BCUT2D eigenvalue weighted by atomic mass is 10.2. The van der Waals surface area contributed by atoms with Crippen LogP contribution in [-0.4, -0.2) is 39.5 Å². The number of nitrogens with zero attached hydrogens (tertiary/aromatic N) is 1. The summed E-state index contributed by atoms with van der Waals surface area (Å²) in [6.45, 7) is 2.83. The van der Waals surface area contributed by atoms with Gasteiger partial charge >= 0.3 is 0 Å². The van der Waals surface area contributed by atoms with Gasteiger partial charge < -0.3 is 10.6 Å². The summed E-state index contributed by atoms with van der Waals surface area (Å²) in [5, 5.41) is 0. The maximum absolute atomic E-state index is 13.4. The topological polar surface area (TPSA) is 75.4 Å². The molecule has 20 heavy (non-hydrogen) atoms. The van der Waals surface area contributed by atoms with Crippen LogP contribution in [0.25, 0.3) is 0 Å². The fraction of sp³-hybridized carbons (Fsp3) is 0.538. The second-order valence-corrected chi connectivity index (χ2v) is 7.04. The summed E-state index contributed by atoms with van der Waals surface area (Å²) in [5.41, 5.74) is 5.56. The van der Waals surface area contributed by atoms with Gasteiger partial charge in [0.25, 0.3) is 0 Å². The van der Waals surface area contributed by atoms with Crippen LogP contribution in [0.5, 0.6) is 0 Å². The Balaban J connectivity index is 2.14. The average molecular weight is 301 g/mol. The number of halogens is 1. The zero-order valence-corrected chi connectivity index (χ0v) is 12.5. The fourth-order valence-electron chi connectivity index (χ4n) is 2.44. The van der Waals surface area contributed by atoms with Crippen molar-refractivity contribution in [3.05, 3.63) is 23.5 Å². The van der Waals surface area contributed by atoms with Gasteiger partial charge in [-0.3, -0.25) is 0 Å². The molecule has 1 aliphatic rings. The van der Waals surface area contributed by atoms with Crippen molar-refractivity contribution in [2.45, 2.75) is 30.7 Å². The number of anilines is 1. The van der Waals surface area contributed by atoms with Gasteiger partial charge in [-0.1, -0.05) is 0 Å². The molecule has 1 aromatic rings. The van der Waals surface area contributed by atoms with Gasteiger partial charge in [0.1, 0.15) is 5.82 Å². The Hall–Kier alpha value is -1.18. The molecule has 7 heteroatoms. The van der Waals surface area contributed by atoms with Crippen LogP contribution >= 0.6 is 0 Å². The Bertz CT molecular complexity index is 581. The van der Waals surface area contributed by atoms with E-state index in [4.69, 9.17) is 5.73 Å². The first kappa shape index (κ1) is 15.2. The molecule has 0 aromatic heterocycles. The van der Waals surface area contributed by atoms with Crippen LogP contribution in [0, 0.1) is 12.7 Å². The Kier molecular flexibility index (Phi) is 4.31. The van der Waals surface area contributed by atoms with E-state index in [0.717, 1.165) is 25.5 Å². The predicted octanol–water partition coefficient (Wildman–Crippen LogP) is 1.09. The van der Waals surface area contributed by atoms with Gasteiger partial charge in [0.2, 0.25) is 10.0 Å². The van der Waals surface area contributed by atoms with Crippen LogP contribution in [-0.2, 0) is 10.0 Å². The Morgan fingerprint density at radius 3 is 2.75 bits per heavy atom.